The van der Waals surface area contributed by atoms with E-state index in [4.69, 9.17) is 0 Å². The van der Waals surface area contributed by atoms with Gasteiger partial charge >= 0.3 is 36.0 Å². The van der Waals surface area contributed by atoms with Gasteiger partial charge in [0, 0.05) is 0 Å². The first-order chi connectivity index (χ1) is 9.15. The molecule has 0 fully saturated rings. The molecular formula is C7HF15. The monoisotopic (exact) mass is 370 g/mol. The third-order valence-corrected chi connectivity index (χ3v) is 2.17. The lowest BCUT2D eigenvalue weighted by atomic mass is 9.95. The summed E-state index contributed by atoms with van der Waals surface area (Å²) in [5, 5.41) is 0. The summed E-state index contributed by atoms with van der Waals surface area (Å²) < 4.78 is 181. The molecule has 0 nitrogen and oxygen atoms in total. The minimum absolute atomic E-state index is 6.12. The van der Waals surface area contributed by atoms with Crippen LogP contribution >= 0.6 is 0 Å². The third kappa shape index (κ3) is 2.77. The predicted octanol–water partition coefficient (Wildman–Crippen LogP) is 4.99. The molecule has 0 aromatic rings. The van der Waals surface area contributed by atoms with Crippen molar-refractivity contribution in [3.63, 3.8) is 0 Å². The fraction of sp³-hybridized carbons (Fsp3) is 1.00. The van der Waals surface area contributed by atoms with Gasteiger partial charge in [-0.3, -0.25) is 0 Å². The number of alkyl halides is 15. The topological polar surface area (TPSA) is 0 Å². The van der Waals surface area contributed by atoms with Crippen LogP contribution in [0.25, 0.3) is 0 Å². The standard InChI is InChI=1S/C7HF15/c8-1(3(11,12)13)2(9,10)4(14,15)5(16,17)6(18,19)7(20,21)22/h1H. The number of hydrogen-bond acceptors (Lipinski definition) is 0. The molecule has 0 aromatic heterocycles. The number of rotatable bonds is 4. The Hall–Kier alpha value is -1.05. The Morgan fingerprint density at radius 2 is 0.773 bits per heavy atom. The van der Waals surface area contributed by atoms with Crippen molar-refractivity contribution in [3.8, 4) is 0 Å². The average molecular weight is 370 g/mol. The smallest absolute Gasteiger partial charge is 0.230 e. The molecule has 1 unspecified atom stereocenters. The summed E-state index contributed by atoms with van der Waals surface area (Å²) in [6.07, 6.45) is -20.6. The van der Waals surface area contributed by atoms with Gasteiger partial charge in [0.15, 0.2) is 0 Å². The SMILES string of the molecule is FC(C(F)(F)F)C(F)(F)C(F)(F)C(F)(F)C(F)(F)C(F)(F)F. The van der Waals surface area contributed by atoms with Crippen LogP contribution in [-0.4, -0.2) is 42.2 Å². The second kappa shape index (κ2) is 4.97. The Kier molecular flexibility index (Phi) is 4.74. The van der Waals surface area contributed by atoms with E-state index in [9.17, 15) is 65.9 Å². The van der Waals surface area contributed by atoms with Crippen molar-refractivity contribution in [2.45, 2.75) is 42.2 Å². The Bertz CT molecular complexity index is 397. The van der Waals surface area contributed by atoms with Gasteiger partial charge in [0.25, 0.3) is 6.17 Å². The highest BCUT2D eigenvalue weighted by Gasteiger charge is 2.89. The van der Waals surface area contributed by atoms with Crippen molar-refractivity contribution in [3.05, 3.63) is 0 Å². The molecule has 1 atom stereocenters. The highest BCUT2D eigenvalue weighted by atomic mass is 19.4. The average Bonchev–Trinajstić information content (AvgIpc) is 2.24. The molecule has 134 valence electrons. The molecule has 0 rings (SSSR count). The Labute approximate surface area is 109 Å². The van der Waals surface area contributed by atoms with Crippen molar-refractivity contribution in [1.29, 1.82) is 0 Å². The molecule has 22 heavy (non-hydrogen) atoms. The van der Waals surface area contributed by atoms with Crippen LogP contribution in [0.15, 0.2) is 0 Å². The predicted molar refractivity (Wildman–Crippen MR) is 36.8 cm³/mol. The highest BCUT2D eigenvalue weighted by Crippen LogP contribution is 2.59. The summed E-state index contributed by atoms with van der Waals surface area (Å²) in [5.41, 5.74) is 0. The van der Waals surface area contributed by atoms with Crippen molar-refractivity contribution in [1.82, 2.24) is 0 Å². The molecule has 0 heterocycles. The van der Waals surface area contributed by atoms with E-state index in [-0.39, 0.29) is 0 Å². The maximum Gasteiger partial charge on any atom is 0.460 e. The second-order valence-corrected chi connectivity index (χ2v) is 3.75. The largest absolute Gasteiger partial charge is 0.460 e. The molecule has 0 N–H and O–H groups in total. The lowest BCUT2D eigenvalue weighted by Gasteiger charge is -2.38. The van der Waals surface area contributed by atoms with Crippen LogP contribution in [0.4, 0.5) is 65.9 Å². The molecule has 0 bridgehead atoms. The van der Waals surface area contributed by atoms with E-state index in [0.29, 0.717) is 0 Å². The van der Waals surface area contributed by atoms with Gasteiger partial charge in [-0.05, 0) is 0 Å². The van der Waals surface area contributed by atoms with Crippen molar-refractivity contribution in [2.75, 3.05) is 0 Å². The van der Waals surface area contributed by atoms with Gasteiger partial charge in [-0.1, -0.05) is 0 Å². The molecule has 0 amide bonds. The summed E-state index contributed by atoms with van der Waals surface area (Å²) in [4.78, 5) is 0. The molecule has 0 radical (unpaired) electrons. The first-order valence-corrected chi connectivity index (χ1v) is 4.44. The lowest BCUT2D eigenvalue weighted by molar-refractivity contribution is -0.433. The molecule has 15 heteroatoms. The van der Waals surface area contributed by atoms with E-state index >= 15 is 0 Å². The zero-order valence-corrected chi connectivity index (χ0v) is 9.25. The molecule has 0 aliphatic rings. The van der Waals surface area contributed by atoms with E-state index in [1.807, 2.05) is 0 Å². The van der Waals surface area contributed by atoms with Crippen LogP contribution < -0.4 is 0 Å². The van der Waals surface area contributed by atoms with Gasteiger partial charge in [0.05, 0.1) is 0 Å². The van der Waals surface area contributed by atoms with Crippen LogP contribution in [0.2, 0.25) is 0 Å². The molecule has 0 aromatic carbocycles. The van der Waals surface area contributed by atoms with Crippen LogP contribution in [-0.2, 0) is 0 Å². The normalized spacial score (nSPS) is 17.6. The van der Waals surface area contributed by atoms with Crippen LogP contribution in [0.5, 0.6) is 0 Å². The summed E-state index contributed by atoms with van der Waals surface area (Å²) in [7, 11) is 0. The maximum atomic E-state index is 12.6. The first kappa shape index (κ1) is 20.9. The van der Waals surface area contributed by atoms with Crippen LogP contribution in [0.1, 0.15) is 0 Å². The molecule has 0 aliphatic carbocycles. The van der Waals surface area contributed by atoms with Crippen molar-refractivity contribution in [2.24, 2.45) is 0 Å². The van der Waals surface area contributed by atoms with Crippen LogP contribution in [0, 0.1) is 0 Å². The van der Waals surface area contributed by atoms with Gasteiger partial charge < -0.3 is 0 Å². The third-order valence-electron chi connectivity index (χ3n) is 2.17. The fourth-order valence-corrected chi connectivity index (χ4v) is 0.949. The minimum atomic E-state index is -8.07. The van der Waals surface area contributed by atoms with E-state index in [1.165, 1.54) is 0 Å². The molecule has 0 saturated carbocycles. The van der Waals surface area contributed by atoms with E-state index in [0.717, 1.165) is 0 Å². The zero-order valence-electron chi connectivity index (χ0n) is 9.25. The Morgan fingerprint density at radius 1 is 0.455 bits per heavy atom. The molecule has 0 spiro atoms. The van der Waals surface area contributed by atoms with Gasteiger partial charge in [-0.2, -0.15) is 61.5 Å². The Balaban J connectivity index is 6.12. The van der Waals surface area contributed by atoms with E-state index in [1.54, 1.807) is 0 Å². The molecule has 0 saturated heterocycles. The summed E-state index contributed by atoms with van der Waals surface area (Å²) in [5.74, 6) is -31.6. The molecule has 0 aliphatic heterocycles. The Morgan fingerprint density at radius 3 is 1.00 bits per heavy atom. The summed E-state index contributed by atoms with van der Waals surface area (Å²) in [6, 6.07) is 0. The summed E-state index contributed by atoms with van der Waals surface area (Å²) >= 11 is 0. The highest BCUT2D eigenvalue weighted by molar-refractivity contribution is 5.09. The van der Waals surface area contributed by atoms with Gasteiger partial charge in [0.2, 0.25) is 0 Å². The number of halogens is 15. The molecular weight excluding hydrogens is 369 g/mol. The quantitative estimate of drug-likeness (QED) is 0.612. The zero-order chi connectivity index (χ0) is 18.6. The lowest BCUT2D eigenvalue weighted by Crippen LogP contribution is -2.69. The summed E-state index contributed by atoms with van der Waals surface area (Å²) in [6.45, 7) is 0. The minimum Gasteiger partial charge on any atom is -0.230 e. The van der Waals surface area contributed by atoms with Gasteiger partial charge in [-0.25, -0.2) is 4.39 Å². The van der Waals surface area contributed by atoms with Crippen molar-refractivity contribution >= 4 is 0 Å². The van der Waals surface area contributed by atoms with Gasteiger partial charge in [-0.15, -0.1) is 0 Å². The van der Waals surface area contributed by atoms with Gasteiger partial charge in [0.1, 0.15) is 0 Å². The second-order valence-electron chi connectivity index (χ2n) is 3.75. The van der Waals surface area contributed by atoms with E-state index < -0.39 is 42.2 Å². The van der Waals surface area contributed by atoms with Crippen molar-refractivity contribution < 1.29 is 65.9 Å². The fourth-order valence-electron chi connectivity index (χ4n) is 0.949. The first-order valence-electron chi connectivity index (χ1n) is 4.44. The number of hydrogen-bond donors (Lipinski definition) is 0. The van der Waals surface area contributed by atoms with E-state index in [2.05, 4.69) is 0 Å². The maximum absolute atomic E-state index is 12.6. The van der Waals surface area contributed by atoms with Crippen LogP contribution in [0.3, 0.4) is 0 Å².